The van der Waals surface area contributed by atoms with Crippen LogP contribution in [0.2, 0.25) is 58.9 Å². The highest BCUT2D eigenvalue weighted by molar-refractivity contribution is 7.44. The van der Waals surface area contributed by atoms with Gasteiger partial charge in [-0.25, -0.2) is 0 Å². The molecule has 2 atom stereocenters. The maximum atomic E-state index is 12.4. The smallest absolute Gasteiger partial charge is 0.366 e. The molecule has 0 heterocycles. The number of rotatable bonds is 10. The summed E-state index contributed by atoms with van der Waals surface area (Å²) in [5.41, 5.74) is 0. The summed E-state index contributed by atoms with van der Waals surface area (Å²) in [7, 11) is -6.64. The Morgan fingerprint density at radius 3 is 1.91 bits per heavy atom. The molecule has 1 N–H and O–H groups in total. The predicted octanol–water partition coefficient (Wildman–Crippen LogP) is 4.18. The summed E-state index contributed by atoms with van der Waals surface area (Å²) < 4.78 is 23.5. The van der Waals surface area contributed by atoms with Crippen molar-refractivity contribution in [2.75, 3.05) is 12.5 Å². The zero-order valence-electron chi connectivity index (χ0n) is 16.3. The fourth-order valence-corrected chi connectivity index (χ4v) is 6.60. The van der Waals surface area contributed by atoms with Gasteiger partial charge in [0.25, 0.3) is 0 Å². The fourth-order valence-electron chi connectivity index (χ4n) is 1.75. The molecule has 1 unspecified atom stereocenters. The summed E-state index contributed by atoms with van der Waals surface area (Å²) in [4.78, 5) is 15.9. The molecule has 0 aromatic carbocycles. The van der Waals surface area contributed by atoms with Crippen LogP contribution in [-0.4, -0.2) is 49.4 Å². The van der Waals surface area contributed by atoms with Crippen LogP contribution in [-0.2, 0) is 18.2 Å². The quantitative estimate of drug-likeness (QED) is 0.443. The van der Waals surface area contributed by atoms with Crippen LogP contribution in [0.25, 0.3) is 0 Å². The van der Waals surface area contributed by atoms with Gasteiger partial charge in [-0.3, -0.25) is 4.79 Å². The van der Waals surface area contributed by atoms with Crippen molar-refractivity contribution >= 4 is 38.6 Å². The van der Waals surface area contributed by atoms with Crippen LogP contribution in [0.4, 0.5) is 0 Å². The van der Waals surface area contributed by atoms with Crippen molar-refractivity contribution < 1.29 is 18.2 Å². The minimum atomic E-state index is -1.92. The Bertz CT molecular complexity index is 414. The van der Waals surface area contributed by atoms with Gasteiger partial charge in [0.1, 0.15) is 14.3 Å². The summed E-state index contributed by atoms with van der Waals surface area (Å²) in [6, 6.07) is -0.362. The molecule has 0 aromatic heterocycles. The summed E-state index contributed by atoms with van der Waals surface area (Å²) in [6.45, 7) is 18.7. The number of nitrogens with one attached hydrogen (secondary N) is 1. The average Bonchev–Trinajstić information content (AvgIpc) is 2.27. The van der Waals surface area contributed by atoms with Gasteiger partial charge in [-0.1, -0.05) is 24.2 Å². The summed E-state index contributed by atoms with van der Waals surface area (Å²) in [5, 5.41) is 0. The van der Waals surface area contributed by atoms with Crippen LogP contribution in [0.15, 0.2) is 0 Å². The molecular weight excluding hydrogens is 361 g/mol. The molecule has 5 nitrogen and oxygen atoms in total. The van der Waals surface area contributed by atoms with Gasteiger partial charge in [-0.15, -0.1) is 0 Å². The molecule has 0 spiro atoms. The van der Waals surface area contributed by atoms with E-state index in [1.165, 1.54) is 0 Å². The van der Waals surface area contributed by atoms with Gasteiger partial charge < -0.3 is 13.8 Å². The van der Waals surface area contributed by atoms with Crippen molar-refractivity contribution in [1.82, 2.24) is 4.98 Å². The third-order valence-corrected chi connectivity index (χ3v) is 7.06. The van der Waals surface area contributed by atoms with E-state index < -0.39 is 32.7 Å². The Morgan fingerprint density at radius 2 is 1.52 bits per heavy atom. The molecule has 23 heavy (non-hydrogen) atoms. The zero-order chi connectivity index (χ0) is 18.5. The third-order valence-electron chi connectivity index (χ3n) is 2.61. The standard InChI is InChI=1S/C14H35NO4PSi3/c1-21(2,3)15-13(14(16)19-23(7,8)9)10-11-20(17)12-18-22(4,5)6/h13,15H,10-12H2,1-9H3/q+1/t13-/m0/s1. The van der Waals surface area contributed by atoms with Gasteiger partial charge in [0.2, 0.25) is 14.7 Å². The SMILES string of the molecule is C[Si](C)(C)N[C@@H](CC[P+](=O)CO[Si](C)(C)C)C(=O)O[Si](C)(C)C. The molecule has 0 aromatic rings. The second kappa shape index (κ2) is 9.01. The molecule has 0 aliphatic rings. The Hall–Kier alpha value is 0.141. The van der Waals surface area contributed by atoms with Gasteiger partial charge >= 0.3 is 13.8 Å². The highest BCUT2D eigenvalue weighted by Crippen LogP contribution is 2.25. The van der Waals surface area contributed by atoms with E-state index in [0.29, 0.717) is 18.9 Å². The molecule has 0 radical (unpaired) electrons. The molecule has 0 fully saturated rings. The van der Waals surface area contributed by atoms with Crippen LogP contribution >= 0.6 is 7.80 Å². The lowest BCUT2D eigenvalue weighted by molar-refractivity contribution is -0.137. The lowest BCUT2D eigenvalue weighted by Crippen LogP contribution is -2.53. The highest BCUT2D eigenvalue weighted by Gasteiger charge is 2.32. The molecular formula is C14H35NO4PSi3+. The van der Waals surface area contributed by atoms with E-state index in [2.05, 4.69) is 44.3 Å². The number of hydrogen-bond donors (Lipinski definition) is 1. The first-order chi connectivity index (χ1) is 10.1. The van der Waals surface area contributed by atoms with Gasteiger partial charge in [0.15, 0.2) is 14.5 Å². The van der Waals surface area contributed by atoms with Crippen molar-refractivity contribution in [1.29, 1.82) is 0 Å². The van der Waals surface area contributed by atoms with Crippen molar-refractivity contribution in [2.24, 2.45) is 0 Å². The molecule has 0 saturated carbocycles. The maximum absolute atomic E-state index is 12.4. The van der Waals surface area contributed by atoms with Crippen molar-refractivity contribution in [2.45, 2.75) is 71.4 Å². The number of carbonyl (C=O) groups is 1. The average molecular weight is 397 g/mol. The van der Waals surface area contributed by atoms with Gasteiger partial charge in [-0.05, 0) is 39.3 Å². The molecule has 0 amide bonds. The fraction of sp³-hybridized carbons (Fsp3) is 0.929. The summed E-state index contributed by atoms with van der Waals surface area (Å²) in [6.07, 6.45) is 1.33. The topological polar surface area (TPSA) is 64.6 Å². The zero-order valence-corrected chi connectivity index (χ0v) is 20.2. The molecule has 9 heteroatoms. The number of hydrogen-bond acceptors (Lipinski definition) is 5. The summed E-state index contributed by atoms with van der Waals surface area (Å²) in [5.74, 6) is -0.193. The van der Waals surface area contributed by atoms with Crippen molar-refractivity contribution in [3.8, 4) is 0 Å². The van der Waals surface area contributed by atoms with E-state index in [1.54, 1.807) is 0 Å². The lowest BCUT2D eigenvalue weighted by atomic mass is 10.2. The van der Waals surface area contributed by atoms with Crippen LogP contribution in [0.1, 0.15) is 6.42 Å². The normalized spacial score (nSPS) is 15.3. The first-order valence-electron chi connectivity index (χ1n) is 8.16. The molecule has 0 rings (SSSR count). The van der Waals surface area contributed by atoms with Crippen LogP contribution < -0.4 is 4.98 Å². The van der Waals surface area contributed by atoms with Crippen molar-refractivity contribution in [3.05, 3.63) is 0 Å². The number of carbonyl (C=O) groups excluding carboxylic acids is 1. The molecule has 0 aliphatic heterocycles. The van der Waals surface area contributed by atoms with Gasteiger partial charge in [0, 0.05) is 6.42 Å². The highest BCUT2D eigenvalue weighted by atomic mass is 31.1. The molecule has 0 aliphatic carbocycles. The Kier molecular flexibility index (Phi) is 9.06. The largest absolute Gasteiger partial charge is 0.519 e. The Balaban J connectivity index is 4.65. The van der Waals surface area contributed by atoms with Crippen LogP contribution in [0.5, 0.6) is 0 Å². The van der Waals surface area contributed by atoms with E-state index in [4.69, 9.17) is 8.85 Å². The van der Waals surface area contributed by atoms with E-state index in [1.807, 2.05) is 19.6 Å². The molecule has 0 bridgehead atoms. The van der Waals surface area contributed by atoms with E-state index in [0.717, 1.165) is 0 Å². The monoisotopic (exact) mass is 396 g/mol. The van der Waals surface area contributed by atoms with Crippen LogP contribution in [0, 0.1) is 0 Å². The molecule has 0 saturated heterocycles. The second-order valence-electron chi connectivity index (χ2n) is 8.86. The first kappa shape index (κ1) is 23.1. The van der Waals surface area contributed by atoms with E-state index in [-0.39, 0.29) is 12.0 Å². The Labute approximate surface area is 146 Å². The van der Waals surface area contributed by atoms with Gasteiger partial charge in [-0.2, -0.15) is 0 Å². The van der Waals surface area contributed by atoms with E-state index in [9.17, 15) is 9.36 Å². The minimum Gasteiger partial charge on any atom is -0.519 e. The second-order valence-corrected chi connectivity index (χ2v) is 24.3. The Morgan fingerprint density at radius 1 is 1.00 bits per heavy atom. The maximum Gasteiger partial charge on any atom is 0.366 e. The lowest BCUT2D eigenvalue weighted by Gasteiger charge is -2.28. The molecule has 136 valence electrons. The minimum absolute atomic E-state index is 0.193. The third kappa shape index (κ3) is 14.2. The van der Waals surface area contributed by atoms with Crippen molar-refractivity contribution in [3.63, 3.8) is 0 Å². The van der Waals surface area contributed by atoms with Gasteiger partial charge in [0.05, 0.1) is 0 Å². The predicted molar refractivity (Wildman–Crippen MR) is 106 cm³/mol. The first-order valence-corrected chi connectivity index (χ1v) is 20.1. The van der Waals surface area contributed by atoms with E-state index >= 15 is 0 Å². The summed E-state index contributed by atoms with van der Waals surface area (Å²) >= 11 is 0. The van der Waals surface area contributed by atoms with Crippen LogP contribution in [0.3, 0.4) is 0 Å².